The Morgan fingerprint density at radius 2 is 1.75 bits per heavy atom. The van der Waals surface area contributed by atoms with Crippen LogP contribution in [0.5, 0.6) is 11.5 Å². The van der Waals surface area contributed by atoms with Gasteiger partial charge in [0.1, 0.15) is 17.3 Å². The van der Waals surface area contributed by atoms with E-state index in [1.54, 1.807) is 37.3 Å². The number of nitrogens with one attached hydrogen (secondary N) is 1. The van der Waals surface area contributed by atoms with Gasteiger partial charge in [-0.1, -0.05) is 29.8 Å². The lowest BCUT2D eigenvalue weighted by Crippen LogP contribution is -2.51. The number of imidazole rings is 1. The van der Waals surface area contributed by atoms with Gasteiger partial charge < -0.3 is 19.4 Å². The Hall–Kier alpha value is -4.30. The zero-order valence-corrected chi connectivity index (χ0v) is 23.9. The van der Waals surface area contributed by atoms with Gasteiger partial charge in [-0.15, -0.1) is 0 Å². The van der Waals surface area contributed by atoms with Crippen molar-refractivity contribution >= 4 is 34.8 Å². The van der Waals surface area contributed by atoms with E-state index < -0.39 is 5.54 Å². The number of fused-ring (bicyclic) bond motifs is 4. The van der Waals surface area contributed by atoms with Crippen LogP contribution in [-0.4, -0.2) is 35.6 Å². The van der Waals surface area contributed by atoms with Gasteiger partial charge in [0.2, 0.25) is 0 Å². The first-order chi connectivity index (χ1) is 19.1. The quantitative estimate of drug-likeness (QED) is 0.313. The largest absolute Gasteiger partial charge is 0.497 e. The second-order valence-electron chi connectivity index (χ2n) is 10.4. The molecule has 204 valence electrons. The highest BCUT2D eigenvalue weighted by molar-refractivity contribution is 6.31. The lowest BCUT2D eigenvalue weighted by molar-refractivity contribution is -0.119. The monoisotopic (exact) mass is 556 g/mol. The van der Waals surface area contributed by atoms with Crippen LogP contribution in [0.15, 0.2) is 54.6 Å². The molecule has 0 bridgehead atoms. The fraction of sp³-hybridized carbons (Fsp3) is 0.258. The van der Waals surface area contributed by atoms with E-state index in [2.05, 4.69) is 5.32 Å². The van der Waals surface area contributed by atoms with Crippen molar-refractivity contribution in [3.8, 4) is 22.9 Å². The summed E-state index contributed by atoms with van der Waals surface area (Å²) in [6.45, 7) is 7.92. The van der Waals surface area contributed by atoms with Crippen molar-refractivity contribution in [3.63, 3.8) is 0 Å². The molecule has 1 aromatic heterocycles. The highest BCUT2D eigenvalue weighted by Crippen LogP contribution is 2.55. The zero-order chi connectivity index (χ0) is 28.5. The molecule has 2 amide bonds. The number of aromatic nitrogens is 2. The Morgan fingerprint density at radius 3 is 2.45 bits per heavy atom. The second kappa shape index (κ2) is 9.13. The molecule has 3 aromatic carbocycles. The summed E-state index contributed by atoms with van der Waals surface area (Å²) < 4.78 is 13.1. The molecule has 2 aliphatic heterocycles. The molecule has 9 heteroatoms. The molecule has 4 aromatic rings. The van der Waals surface area contributed by atoms with Crippen molar-refractivity contribution in [2.75, 3.05) is 24.4 Å². The van der Waals surface area contributed by atoms with Crippen LogP contribution in [0.3, 0.4) is 0 Å². The Balaban J connectivity index is 1.73. The molecule has 8 nitrogen and oxygen atoms in total. The number of carbonyl (C=O) groups is 2. The predicted molar refractivity (Wildman–Crippen MR) is 155 cm³/mol. The summed E-state index contributed by atoms with van der Waals surface area (Å²) in [4.78, 5) is 35.4. The number of amides is 2. The summed E-state index contributed by atoms with van der Waals surface area (Å²) in [5.74, 6) is 1.01. The molecule has 1 unspecified atom stereocenters. The molecule has 1 spiro atoms. The van der Waals surface area contributed by atoms with E-state index in [-0.39, 0.29) is 23.6 Å². The van der Waals surface area contributed by atoms with Crippen LogP contribution >= 0.6 is 11.6 Å². The molecular formula is C31H29ClN4O4. The smallest absolute Gasteiger partial charge is 0.280 e. The minimum absolute atomic E-state index is 0.162. The predicted octanol–water partition coefficient (Wildman–Crippen LogP) is 6.27. The van der Waals surface area contributed by atoms with E-state index >= 15 is 0 Å². The van der Waals surface area contributed by atoms with Gasteiger partial charge >= 0.3 is 0 Å². The van der Waals surface area contributed by atoms with Gasteiger partial charge in [-0.05, 0) is 69.2 Å². The summed E-state index contributed by atoms with van der Waals surface area (Å²) in [7, 11) is 3.17. The van der Waals surface area contributed by atoms with Crippen molar-refractivity contribution in [2.24, 2.45) is 0 Å². The summed E-state index contributed by atoms with van der Waals surface area (Å²) in [5, 5.41) is 3.51. The molecule has 0 aliphatic carbocycles. The summed E-state index contributed by atoms with van der Waals surface area (Å²) in [6.07, 6.45) is 0. The number of aryl methyl sites for hydroxylation is 2. The van der Waals surface area contributed by atoms with Crippen LogP contribution in [0, 0.1) is 13.8 Å². The van der Waals surface area contributed by atoms with E-state index in [9.17, 15) is 9.59 Å². The second-order valence-corrected chi connectivity index (χ2v) is 10.9. The number of nitrogens with zero attached hydrogens (tertiary/aromatic N) is 3. The van der Waals surface area contributed by atoms with E-state index in [1.165, 1.54) is 0 Å². The summed E-state index contributed by atoms with van der Waals surface area (Å²) in [5.41, 5.74) is 3.62. The van der Waals surface area contributed by atoms with Crippen molar-refractivity contribution in [1.29, 1.82) is 0 Å². The van der Waals surface area contributed by atoms with Gasteiger partial charge in [-0.2, -0.15) is 0 Å². The topological polar surface area (TPSA) is 85.7 Å². The third-order valence-corrected chi connectivity index (χ3v) is 7.95. The Morgan fingerprint density at radius 1 is 0.975 bits per heavy atom. The highest BCUT2D eigenvalue weighted by Gasteiger charge is 2.64. The molecular weight excluding hydrogens is 528 g/mol. The number of hydrogen-bond donors (Lipinski definition) is 1. The highest BCUT2D eigenvalue weighted by atomic mass is 35.5. The molecule has 3 heterocycles. The van der Waals surface area contributed by atoms with Crippen molar-refractivity contribution in [2.45, 2.75) is 39.3 Å². The first-order valence-electron chi connectivity index (χ1n) is 13.0. The maximum absolute atomic E-state index is 14.5. The van der Waals surface area contributed by atoms with E-state index in [4.69, 9.17) is 26.1 Å². The number of carbonyl (C=O) groups excluding carboxylic acids is 2. The maximum atomic E-state index is 14.5. The standard InChI is InChI=1S/C31H29ClN4O4/c1-16(2)35-27-26(34-28(35)21-11-10-20(39-5)15-25(21)40-6)29(37)36(24-13-17(3)7-8-18(24)4)31(27)22-12-9-19(32)14-23(22)33-30(31)38/h7-16H,1-6H3,(H,33,38). The van der Waals surface area contributed by atoms with Crippen molar-refractivity contribution < 1.29 is 19.1 Å². The van der Waals surface area contributed by atoms with Crippen LogP contribution in [0.2, 0.25) is 5.02 Å². The molecule has 0 radical (unpaired) electrons. The molecule has 0 saturated heterocycles. The minimum Gasteiger partial charge on any atom is -0.497 e. The van der Waals surface area contributed by atoms with Gasteiger partial charge in [0.25, 0.3) is 11.8 Å². The number of rotatable bonds is 5. The maximum Gasteiger partial charge on any atom is 0.280 e. The Labute approximate surface area is 237 Å². The average molecular weight is 557 g/mol. The molecule has 0 fully saturated rings. The Kier molecular flexibility index (Phi) is 5.92. The summed E-state index contributed by atoms with van der Waals surface area (Å²) in [6, 6.07) is 16.5. The molecule has 40 heavy (non-hydrogen) atoms. The number of anilines is 2. The van der Waals surface area contributed by atoms with Crippen LogP contribution in [0.4, 0.5) is 11.4 Å². The number of methoxy groups -OCH3 is 2. The van der Waals surface area contributed by atoms with Crippen LogP contribution in [-0.2, 0) is 10.3 Å². The molecule has 0 saturated carbocycles. The fourth-order valence-electron chi connectivity index (χ4n) is 5.95. The van der Waals surface area contributed by atoms with Gasteiger partial charge in [-0.3, -0.25) is 14.5 Å². The Bertz CT molecular complexity index is 1730. The van der Waals surface area contributed by atoms with Crippen molar-refractivity contribution in [1.82, 2.24) is 9.55 Å². The lowest BCUT2D eigenvalue weighted by Gasteiger charge is -2.36. The van der Waals surface area contributed by atoms with Gasteiger partial charge in [0.05, 0.1) is 25.5 Å². The van der Waals surface area contributed by atoms with Gasteiger partial charge in [0, 0.05) is 34.1 Å². The molecule has 1 N–H and O–H groups in total. The zero-order valence-electron chi connectivity index (χ0n) is 23.1. The molecule has 1 atom stereocenters. The van der Waals surface area contributed by atoms with E-state index in [1.807, 2.05) is 68.7 Å². The number of halogens is 1. The minimum atomic E-state index is -1.50. The third kappa shape index (κ3) is 3.42. The van der Waals surface area contributed by atoms with Gasteiger partial charge in [0.15, 0.2) is 11.2 Å². The van der Waals surface area contributed by atoms with Crippen LogP contribution in [0.1, 0.15) is 52.8 Å². The average Bonchev–Trinajstić information content (AvgIpc) is 3.53. The molecule has 2 aliphatic rings. The van der Waals surface area contributed by atoms with Gasteiger partial charge in [-0.25, -0.2) is 4.98 Å². The fourth-order valence-corrected chi connectivity index (χ4v) is 6.12. The van der Waals surface area contributed by atoms with E-state index in [0.717, 1.165) is 11.1 Å². The lowest BCUT2D eigenvalue weighted by atomic mass is 9.86. The number of benzene rings is 3. The van der Waals surface area contributed by atoms with Crippen LogP contribution in [0.25, 0.3) is 11.4 Å². The molecule has 6 rings (SSSR count). The first kappa shape index (κ1) is 26.0. The third-order valence-electron chi connectivity index (χ3n) is 7.71. The SMILES string of the molecule is COc1ccc(-c2nc3c(n2C(C)C)C2(C(=O)Nc4cc(Cl)ccc42)N(c2cc(C)ccc2C)C3=O)c(OC)c1. The number of ether oxygens (including phenoxy) is 2. The van der Waals surface area contributed by atoms with E-state index in [0.29, 0.717) is 50.5 Å². The first-order valence-corrected chi connectivity index (χ1v) is 13.4. The number of hydrogen-bond acceptors (Lipinski definition) is 5. The van der Waals surface area contributed by atoms with Crippen LogP contribution < -0.4 is 19.7 Å². The summed E-state index contributed by atoms with van der Waals surface area (Å²) >= 11 is 6.34. The normalized spacial score (nSPS) is 17.4. The van der Waals surface area contributed by atoms with Crippen molar-refractivity contribution in [3.05, 3.63) is 87.7 Å².